The van der Waals surface area contributed by atoms with E-state index in [9.17, 15) is 4.79 Å². The Kier molecular flexibility index (Phi) is 4.26. The third-order valence-corrected chi connectivity index (χ3v) is 7.58. The number of benzene rings is 2. The molecule has 1 amide bonds. The summed E-state index contributed by atoms with van der Waals surface area (Å²) in [5.74, 6) is 2.32. The van der Waals surface area contributed by atoms with Crippen LogP contribution < -0.4 is 9.47 Å². The summed E-state index contributed by atoms with van der Waals surface area (Å²) in [4.78, 5) is 18.2. The van der Waals surface area contributed by atoms with Gasteiger partial charge in [-0.15, -0.1) is 0 Å². The van der Waals surface area contributed by atoms with E-state index in [-0.39, 0.29) is 11.6 Å². The van der Waals surface area contributed by atoms with Crippen LogP contribution in [0.2, 0.25) is 5.02 Å². The standard InChI is InChI=1S/C24H25ClN2O3/c25-19-4-1-3-16(11-19)14-26-15-18-13-20(27-8-2-7-24(18,27)23(26)28)17-5-6-21-22(12-17)30-10-9-29-21/h1,3-6,11-12,18,20H,2,7-10,13-15H2/t18-,20-,24-/m0/s1. The van der Waals surface area contributed by atoms with Gasteiger partial charge in [0, 0.05) is 30.1 Å². The predicted octanol–water partition coefficient (Wildman–Crippen LogP) is 4.05. The molecule has 4 heterocycles. The first kappa shape index (κ1) is 18.5. The summed E-state index contributed by atoms with van der Waals surface area (Å²) in [6, 6.07) is 14.4. The fourth-order valence-electron chi connectivity index (χ4n) is 6.15. The number of hydrogen-bond donors (Lipinski definition) is 0. The molecule has 0 radical (unpaired) electrons. The molecule has 156 valence electrons. The molecule has 4 aliphatic heterocycles. The van der Waals surface area contributed by atoms with Crippen molar-refractivity contribution in [1.29, 1.82) is 0 Å². The first-order valence-corrected chi connectivity index (χ1v) is 11.2. The van der Waals surface area contributed by atoms with Crippen LogP contribution in [0.25, 0.3) is 0 Å². The molecule has 0 aromatic heterocycles. The Hall–Kier alpha value is -2.24. The molecule has 0 N–H and O–H groups in total. The van der Waals surface area contributed by atoms with E-state index in [4.69, 9.17) is 21.1 Å². The third-order valence-electron chi connectivity index (χ3n) is 7.34. The van der Waals surface area contributed by atoms with E-state index in [1.54, 1.807) is 0 Å². The molecule has 4 aliphatic rings. The van der Waals surface area contributed by atoms with Crippen molar-refractivity contribution in [3.8, 4) is 11.5 Å². The Morgan fingerprint density at radius 3 is 2.83 bits per heavy atom. The smallest absolute Gasteiger partial charge is 0.243 e. The van der Waals surface area contributed by atoms with Crippen molar-refractivity contribution in [3.63, 3.8) is 0 Å². The fourth-order valence-corrected chi connectivity index (χ4v) is 6.37. The lowest BCUT2D eigenvalue weighted by Gasteiger charge is -2.34. The highest BCUT2D eigenvalue weighted by molar-refractivity contribution is 6.30. The molecule has 0 aliphatic carbocycles. The Bertz CT molecular complexity index is 1010. The molecule has 1 spiro atoms. The van der Waals surface area contributed by atoms with Crippen LogP contribution in [0.1, 0.15) is 36.4 Å². The van der Waals surface area contributed by atoms with Gasteiger partial charge in [-0.2, -0.15) is 0 Å². The van der Waals surface area contributed by atoms with E-state index in [0.29, 0.717) is 31.6 Å². The second-order valence-electron chi connectivity index (χ2n) is 8.89. The highest BCUT2D eigenvalue weighted by atomic mass is 35.5. The van der Waals surface area contributed by atoms with Crippen LogP contribution in [-0.2, 0) is 11.3 Å². The maximum Gasteiger partial charge on any atom is 0.243 e. The van der Waals surface area contributed by atoms with Crippen LogP contribution >= 0.6 is 11.6 Å². The van der Waals surface area contributed by atoms with Crippen molar-refractivity contribution in [2.24, 2.45) is 5.92 Å². The number of carbonyl (C=O) groups excluding carboxylic acids is 1. The van der Waals surface area contributed by atoms with Crippen LogP contribution in [0, 0.1) is 5.92 Å². The topological polar surface area (TPSA) is 42.0 Å². The maximum absolute atomic E-state index is 13.7. The lowest BCUT2D eigenvalue weighted by molar-refractivity contribution is -0.137. The number of amides is 1. The lowest BCUT2D eigenvalue weighted by Crippen LogP contribution is -2.49. The quantitative estimate of drug-likeness (QED) is 0.745. The average molecular weight is 425 g/mol. The number of halogens is 1. The molecule has 0 saturated carbocycles. The zero-order valence-corrected chi connectivity index (χ0v) is 17.6. The molecule has 2 aromatic rings. The van der Waals surface area contributed by atoms with Gasteiger partial charge in [-0.3, -0.25) is 9.69 Å². The molecule has 6 rings (SSSR count). The van der Waals surface area contributed by atoms with E-state index in [1.807, 2.05) is 24.3 Å². The van der Waals surface area contributed by atoms with E-state index >= 15 is 0 Å². The summed E-state index contributed by atoms with van der Waals surface area (Å²) in [7, 11) is 0. The molecule has 6 heteroatoms. The number of hydrogen-bond acceptors (Lipinski definition) is 4. The van der Waals surface area contributed by atoms with Crippen molar-refractivity contribution in [2.45, 2.75) is 37.4 Å². The summed E-state index contributed by atoms with van der Waals surface area (Å²) in [5, 5.41) is 0.721. The average Bonchev–Trinajstić information content (AvgIpc) is 3.38. The molecule has 30 heavy (non-hydrogen) atoms. The van der Waals surface area contributed by atoms with Gasteiger partial charge in [-0.05, 0) is 61.2 Å². The Balaban J connectivity index is 1.28. The van der Waals surface area contributed by atoms with Crippen molar-refractivity contribution in [1.82, 2.24) is 9.80 Å². The first-order chi connectivity index (χ1) is 14.6. The fraction of sp³-hybridized carbons (Fsp3) is 0.458. The second-order valence-corrected chi connectivity index (χ2v) is 9.32. The monoisotopic (exact) mass is 424 g/mol. The molecule has 5 nitrogen and oxygen atoms in total. The maximum atomic E-state index is 13.7. The van der Waals surface area contributed by atoms with Gasteiger partial charge in [-0.1, -0.05) is 29.8 Å². The zero-order chi connectivity index (χ0) is 20.3. The minimum atomic E-state index is -0.337. The molecular formula is C24H25ClN2O3. The Labute approximate surface area is 181 Å². The number of rotatable bonds is 3. The van der Waals surface area contributed by atoms with Gasteiger partial charge in [0.1, 0.15) is 18.8 Å². The molecular weight excluding hydrogens is 400 g/mol. The van der Waals surface area contributed by atoms with Gasteiger partial charge in [0.15, 0.2) is 11.5 Å². The van der Waals surface area contributed by atoms with Gasteiger partial charge in [-0.25, -0.2) is 0 Å². The van der Waals surface area contributed by atoms with Gasteiger partial charge >= 0.3 is 0 Å². The third kappa shape index (κ3) is 2.68. The SMILES string of the molecule is O=C1N(Cc2cccc(Cl)c2)C[C@@H]2C[C@@H](c3ccc4c(c3)OCCO4)N3CCC[C@@]123. The Morgan fingerprint density at radius 1 is 1.10 bits per heavy atom. The lowest BCUT2D eigenvalue weighted by atomic mass is 9.85. The number of carbonyl (C=O) groups is 1. The number of likely N-dealkylation sites (tertiary alicyclic amines) is 1. The largest absolute Gasteiger partial charge is 0.486 e. The van der Waals surface area contributed by atoms with Crippen LogP contribution in [0.15, 0.2) is 42.5 Å². The molecule has 3 saturated heterocycles. The molecule has 2 aromatic carbocycles. The van der Waals surface area contributed by atoms with Crippen molar-refractivity contribution in [2.75, 3.05) is 26.3 Å². The van der Waals surface area contributed by atoms with E-state index < -0.39 is 0 Å². The number of ether oxygens (including phenoxy) is 2. The highest BCUT2D eigenvalue weighted by Crippen LogP contribution is 2.56. The Morgan fingerprint density at radius 2 is 1.97 bits per heavy atom. The summed E-state index contributed by atoms with van der Waals surface area (Å²) in [6.45, 7) is 3.63. The minimum absolute atomic E-state index is 0.269. The van der Waals surface area contributed by atoms with Gasteiger partial charge in [0.05, 0.1) is 0 Å². The molecule has 3 atom stereocenters. The predicted molar refractivity (Wildman–Crippen MR) is 114 cm³/mol. The first-order valence-electron chi connectivity index (χ1n) is 10.9. The van der Waals surface area contributed by atoms with Gasteiger partial charge in [0.2, 0.25) is 5.91 Å². The van der Waals surface area contributed by atoms with E-state index in [2.05, 4.69) is 28.0 Å². The molecule has 0 unspecified atom stereocenters. The number of nitrogens with zero attached hydrogens (tertiary/aromatic N) is 2. The van der Waals surface area contributed by atoms with Crippen LogP contribution in [0.4, 0.5) is 0 Å². The summed E-state index contributed by atoms with van der Waals surface area (Å²) >= 11 is 6.16. The summed E-state index contributed by atoms with van der Waals surface area (Å²) in [5.41, 5.74) is 2.00. The van der Waals surface area contributed by atoms with Crippen LogP contribution in [-0.4, -0.2) is 47.5 Å². The zero-order valence-electron chi connectivity index (χ0n) is 16.9. The van der Waals surface area contributed by atoms with Gasteiger partial charge < -0.3 is 14.4 Å². The van der Waals surface area contributed by atoms with Crippen molar-refractivity contribution < 1.29 is 14.3 Å². The van der Waals surface area contributed by atoms with Gasteiger partial charge in [0.25, 0.3) is 0 Å². The minimum Gasteiger partial charge on any atom is -0.486 e. The second kappa shape index (κ2) is 6.89. The van der Waals surface area contributed by atoms with E-state index in [0.717, 1.165) is 54.4 Å². The molecule has 3 fully saturated rings. The highest BCUT2D eigenvalue weighted by Gasteiger charge is 2.65. The van der Waals surface area contributed by atoms with Crippen molar-refractivity contribution >= 4 is 17.5 Å². The van der Waals surface area contributed by atoms with Crippen molar-refractivity contribution in [3.05, 3.63) is 58.6 Å². The molecule has 0 bridgehead atoms. The summed E-state index contributed by atoms with van der Waals surface area (Å²) < 4.78 is 11.5. The van der Waals surface area contributed by atoms with E-state index in [1.165, 1.54) is 5.56 Å². The van der Waals surface area contributed by atoms with Crippen LogP contribution in [0.3, 0.4) is 0 Å². The summed E-state index contributed by atoms with van der Waals surface area (Å²) in [6.07, 6.45) is 3.05. The number of fused-ring (bicyclic) bond motifs is 1. The van der Waals surface area contributed by atoms with Crippen LogP contribution in [0.5, 0.6) is 11.5 Å². The normalized spacial score (nSPS) is 29.9.